The average Bonchev–Trinajstić information content (AvgIpc) is 2.89. The maximum Gasteiger partial charge on any atom is 0.0560 e. The molecule has 0 aliphatic rings. The third kappa shape index (κ3) is 3.19. The zero-order chi connectivity index (χ0) is 12.2. The molecule has 1 heterocycles. The van der Waals surface area contributed by atoms with E-state index in [0.29, 0.717) is 0 Å². The van der Waals surface area contributed by atoms with Gasteiger partial charge in [0.15, 0.2) is 0 Å². The second-order valence-corrected chi connectivity index (χ2v) is 4.14. The molecule has 0 saturated carbocycles. The Morgan fingerprint density at radius 1 is 1.00 bits per heavy atom. The molecule has 3 aromatic rings. The minimum Gasteiger partial charge on any atom is -0.366 e. The summed E-state index contributed by atoms with van der Waals surface area (Å²) < 4.78 is 2.14. The maximum absolute atomic E-state index is 4.41. The topological polar surface area (TPSA) is 17.8 Å². The van der Waals surface area contributed by atoms with Crippen LogP contribution < -0.4 is 0 Å². The first-order chi connectivity index (χ1) is 8.93. The second-order valence-electron chi connectivity index (χ2n) is 4.14. The Bertz CT molecular complexity index is 618. The van der Waals surface area contributed by atoms with Crippen molar-refractivity contribution in [3.8, 4) is 11.4 Å². The van der Waals surface area contributed by atoms with E-state index in [4.69, 9.17) is 0 Å². The molecule has 97 valence electrons. The Labute approximate surface area is 126 Å². The van der Waals surface area contributed by atoms with Gasteiger partial charge in [0.1, 0.15) is 0 Å². The summed E-state index contributed by atoms with van der Waals surface area (Å²) >= 11 is 0. The zero-order valence-electron chi connectivity index (χ0n) is 10.3. The van der Waals surface area contributed by atoms with Crippen LogP contribution in [-0.2, 0) is 26.7 Å². The monoisotopic (exact) mass is 426 g/mol. The SMILES string of the molecule is [Ir].[c-]1ccccc1-c1nccn1Cc1ccccc1. The molecular weight excluding hydrogens is 412 g/mol. The molecule has 0 atom stereocenters. The van der Waals surface area contributed by atoms with Crippen molar-refractivity contribution in [1.82, 2.24) is 9.55 Å². The molecule has 0 saturated heterocycles. The third-order valence-electron chi connectivity index (χ3n) is 2.86. The Morgan fingerprint density at radius 3 is 2.53 bits per heavy atom. The number of hydrogen-bond acceptors (Lipinski definition) is 1. The van der Waals surface area contributed by atoms with Gasteiger partial charge >= 0.3 is 0 Å². The Kier molecular flexibility index (Phi) is 4.67. The van der Waals surface area contributed by atoms with Crippen LogP contribution in [0.2, 0.25) is 0 Å². The van der Waals surface area contributed by atoms with E-state index in [0.717, 1.165) is 17.9 Å². The van der Waals surface area contributed by atoms with Crippen molar-refractivity contribution in [2.75, 3.05) is 0 Å². The molecule has 3 heteroatoms. The first-order valence-corrected chi connectivity index (χ1v) is 5.95. The fourth-order valence-corrected chi connectivity index (χ4v) is 1.99. The van der Waals surface area contributed by atoms with E-state index in [2.05, 4.69) is 39.9 Å². The molecule has 0 N–H and O–H groups in total. The molecule has 0 unspecified atom stereocenters. The number of nitrogens with zero attached hydrogens (tertiary/aromatic N) is 2. The largest absolute Gasteiger partial charge is 0.366 e. The number of imidazole rings is 1. The Balaban J connectivity index is 0.00000133. The van der Waals surface area contributed by atoms with Crippen LogP contribution in [0.25, 0.3) is 11.4 Å². The van der Waals surface area contributed by atoms with Crippen LogP contribution in [0.4, 0.5) is 0 Å². The van der Waals surface area contributed by atoms with Crippen molar-refractivity contribution in [2.24, 2.45) is 0 Å². The molecule has 0 aliphatic heterocycles. The van der Waals surface area contributed by atoms with Gasteiger partial charge in [-0.25, -0.2) is 0 Å². The normalized spacial score (nSPS) is 9.89. The van der Waals surface area contributed by atoms with E-state index >= 15 is 0 Å². The molecule has 2 nitrogen and oxygen atoms in total. The molecule has 0 bridgehead atoms. The minimum atomic E-state index is 0. The van der Waals surface area contributed by atoms with Crippen molar-refractivity contribution >= 4 is 0 Å². The molecular formula is C16H13IrN2-. The Morgan fingerprint density at radius 2 is 1.79 bits per heavy atom. The van der Waals surface area contributed by atoms with Crippen molar-refractivity contribution in [2.45, 2.75) is 6.54 Å². The third-order valence-corrected chi connectivity index (χ3v) is 2.86. The second kappa shape index (κ2) is 6.46. The molecule has 1 aromatic heterocycles. The summed E-state index contributed by atoms with van der Waals surface area (Å²) in [5.41, 5.74) is 2.30. The van der Waals surface area contributed by atoms with Crippen molar-refractivity contribution in [3.63, 3.8) is 0 Å². The number of hydrogen-bond donors (Lipinski definition) is 0. The van der Waals surface area contributed by atoms with Crippen molar-refractivity contribution < 1.29 is 20.1 Å². The molecule has 0 aliphatic carbocycles. The van der Waals surface area contributed by atoms with Gasteiger partial charge < -0.3 is 4.57 Å². The number of aromatic nitrogens is 2. The van der Waals surface area contributed by atoms with E-state index in [1.807, 2.05) is 42.7 Å². The van der Waals surface area contributed by atoms with Crippen molar-refractivity contribution in [1.29, 1.82) is 0 Å². The minimum absolute atomic E-state index is 0. The van der Waals surface area contributed by atoms with Gasteiger partial charge in [0.2, 0.25) is 0 Å². The van der Waals surface area contributed by atoms with Gasteiger partial charge in [-0.1, -0.05) is 30.3 Å². The molecule has 2 aromatic carbocycles. The Hall–Kier alpha value is -1.70. The quantitative estimate of drug-likeness (QED) is 0.589. The predicted octanol–water partition coefficient (Wildman–Crippen LogP) is 3.40. The van der Waals surface area contributed by atoms with Crippen LogP contribution in [0, 0.1) is 6.07 Å². The van der Waals surface area contributed by atoms with Gasteiger partial charge in [0.05, 0.1) is 5.82 Å². The summed E-state index contributed by atoms with van der Waals surface area (Å²) in [7, 11) is 0. The summed E-state index contributed by atoms with van der Waals surface area (Å²) in [6.45, 7) is 0.832. The fourth-order valence-electron chi connectivity index (χ4n) is 1.99. The molecule has 0 amide bonds. The van der Waals surface area contributed by atoms with Crippen LogP contribution in [-0.4, -0.2) is 9.55 Å². The van der Waals surface area contributed by atoms with Gasteiger partial charge in [-0.2, -0.15) is 0 Å². The van der Waals surface area contributed by atoms with E-state index in [9.17, 15) is 0 Å². The van der Waals surface area contributed by atoms with Gasteiger partial charge in [0.25, 0.3) is 0 Å². The van der Waals surface area contributed by atoms with Crippen LogP contribution in [0.1, 0.15) is 5.56 Å². The number of benzene rings is 2. The molecule has 0 fully saturated rings. The van der Waals surface area contributed by atoms with Gasteiger partial charge in [-0.05, 0) is 5.56 Å². The maximum atomic E-state index is 4.41. The zero-order valence-corrected chi connectivity index (χ0v) is 12.7. The first-order valence-electron chi connectivity index (χ1n) is 5.95. The van der Waals surface area contributed by atoms with Crippen LogP contribution in [0.3, 0.4) is 0 Å². The number of rotatable bonds is 3. The van der Waals surface area contributed by atoms with E-state index in [1.54, 1.807) is 0 Å². The summed E-state index contributed by atoms with van der Waals surface area (Å²) in [4.78, 5) is 4.41. The predicted molar refractivity (Wildman–Crippen MR) is 72.0 cm³/mol. The molecule has 0 spiro atoms. The summed E-state index contributed by atoms with van der Waals surface area (Å²) in [5, 5.41) is 0. The van der Waals surface area contributed by atoms with E-state index in [1.165, 1.54) is 5.56 Å². The summed E-state index contributed by atoms with van der Waals surface area (Å²) in [6, 6.07) is 21.5. The standard InChI is InChI=1S/C16H13N2.Ir/c1-3-7-14(8-4-1)13-18-12-11-17-16(18)15-9-5-2-6-10-15;/h1-9,11-12H,13H2;/q-1;. The van der Waals surface area contributed by atoms with E-state index in [-0.39, 0.29) is 20.1 Å². The van der Waals surface area contributed by atoms with Crippen LogP contribution in [0.5, 0.6) is 0 Å². The molecule has 19 heavy (non-hydrogen) atoms. The molecule has 3 rings (SSSR count). The van der Waals surface area contributed by atoms with Gasteiger partial charge in [-0.3, -0.25) is 4.98 Å². The van der Waals surface area contributed by atoms with Gasteiger partial charge in [-0.15, -0.1) is 35.9 Å². The van der Waals surface area contributed by atoms with Crippen LogP contribution >= 0.6 is 0 Å². The van der Waals surface area contributed by atoms with E-state index < -0.39 is 0 Å². The van der Waals surface area contributed by atoms with Gasteiger partial charge in [0, 0.05) is 39.0 Å². The summed E-state index contributed by atoms with van der Waals surface area (Å²) in [6.07, 6.45) is 3.84. The first kappa shape index (κ1) is 13.7. The average molecular weight is 426 g/mol. The smallest absolute Gasteiger partial charge is 0.0560 e. The van der Waals surface area contributed by atoms with Crippen molar-refractivity contribution in [3.05, 3.63) is 78.6 Å². The molecule has 1 radical (unpaired) electrons. The fraction of sp³-hybridized carbons (Fsp3) is 0.0625. The van der Waals surface area contributed by atoms with Crippen LogP contribution in [0.15, 0.2) is 67.0 Å². The summed E-state index contributed by atoms with van der Waals surface area (Å²) in [5.74, 6) is 0.958.